The van der Waals surface area contributed by atoms with E-state index in [1.54, 1.807) is 31.2 Å². The van der Waals surface area contributed by atoms with Gasteiger partial charge in [-0.05, 0) is 31.2 Å². The standard InChI is InChI=1S/C11H13NO3S/c1-7(11(14)15)16-10-5-3-9(4-6-10)12-8(2)13/h3-7H,1-2H3,(H,12,13)(H,14,15)/t7-/m0/s1. The molecule has 0 saturated carbocycles. The van der Waals surface area contributed by atoms with Crippen LogP contribution in [-0.4, -0.2) is 22.2 Å². The summed E-state index contributed by atoms with van der Waals surface area (Å²) in [7, 11) is 0. The predicted octanol–water partition coefficient (Wildman–Crippen LogP) is 2.21. The molecule has 1 atom stereocenters. The minimum atomic E-state index is -0.837. The van der Waals surface area contributed by atoms with Crippen molar-refractivity contribution in [3.8, 4) is 0 Å². The third-order valence-electron chi connectivity index (χ3n) is 1.84. The fraction of sp³-hybridized carbons (Fsp3) is 0.273. The Labute approximate surface area is 98.0 Å². The Hall–Kier alpha value is -1.49. The summed E-state index contributed by atoms with van der Waals surface area (Å²) in [4.78, 5) is 22.3. The van der Waals surface area contributed by atoms with Crippen LogP contribution in [0.15, 0.2) is 29.2 Å². The molecule has 0 aliphatic rings. The van der Waals surface area contributed by atoms with Crippen molar-refractivity contribution in [2.45, 2.75) is 24.0 Å². The molecule has 1 rings (SSSR count). The number of benzene rings is 1. The fourth-order valence-electron chi connectivity index (χ4n) is 1.07. The van der Waals surface area contributed by atoms with E-state index in [0.29, 0.717) is 5.69 Å². The van der Waals surface area contributed by atoms with Gasteiger partial charge in [-0.2, -0.15) is 0 Å². The number of amides is 1. The second kappa shape index (κ2) is 5.55. The Morgan fingerprint density at radius 3 is 2.31 bits per heavy atom. The van der Waals surface area contributed by atoms with Crippen LogP contribution in [0.5, 0.6) is 0 Å². The zero-order valence-electron chi connectivity index (χ0n) is 9.06. The van der Waals surface area contributed by atoms with Crippen LogP contribution < -0.4 is 5.32 Å². The largest absolute Gasteiger partial charge is 0.480 e. The molecular weight excluding hydrogens is 226 g/mol. The minimum absolute atomic E-state index is 0.126. The molecule has 0 aliphatic heterocycles. The predicted molar refractivity (Wildman–Crippen MR) is 63.7 cm³/mol. The van der Waals surface area contributed by atoms with Gasteiger partial charge in [-0.25, -0.2) is 0 Å². The lowest BCUT2D eigenvalue weighted by Gasteiger charge is -2.07. The molecular formula is C11H13NO3S. The first kappa shape index (κ1) is 12.6. The number of carbonyl (C=O) groups excluding carboxylic acids is 1. The van der Waals surface area contributed by atoms with Crippen molar-refractivity contribution in [2.24, 2.45) is 0 Å². The highest BCUT2D eigenvalue weighted by Crippen LogP contribution is 2.24. The molecule has 4 nitrogen and oxygen atoms in total. The maximum absolute atomic E-state index is 10.8. The quantitative estimate of drug-likeness (QED) is 0.790. The van der Waals surface area contributed by atoms with E-state index in [0.717, 1.165) is 4.90 Å². The van der Waals surface area contributed by atoms with Crippen molar-refractivity contribution < 1.29 is 14.7 Å². The molecule has 0 radical (unpaired) electrons. The summed E-state index contributed by atoms with van der Waals surface area (Å²) >= 11 is 1.27. The Morgan fingerprint density at radius 2 is 1.88 bits per heavy atom. The second-order valence-corrected chi connectivity index (χ2v) is 4.72. The number of hydrogen-bond donors (Lipinski definition) is 2. The Bertz CT molecular complexity index is 389. The van der Waals surface area contributed by atoms with Crippen LogP contribution in [0.25, 0.3) is 0 Å². The molecule has 1 aromatic rings. The van der Waals surface area contributed by atoms with Gasteiger partial charge >= 0.3 is 5.97 Å². The van der Waals surface area contributed by atoms with E-state index < -0.39 is 11.2 Å². The van der Waals surface area contributed by atoms with Crippen LogP contribution in [-0.2, 0) is 9.59 Å². The Balaban J connectivity index is 2.64. The molecule has 1 aromatic carbocycles. The van der Waals surface area contributed by atoms with E-state index in [4.69, 9.17) is 5.11 Å². The first-order chi connectivity index (χ1) is 7.49. The van der Waals surface area contributed by atoms with Gasteiger partial charge in [0, 0.05) is 17.5 Å². The zero-order valence-corrected chi connectivity index (χ0v) is 9.88. The molecule has 0 spiro atoms. The molecule has 1 amide bonds. The van der Waals surface area contributed by atoms with Crippen molar-refractivity contribution in [3.63, 3.8) is 0 Å². The number of anilines is 1. The number of nitrogens with one attached hydrogen (secondary N) is 1. The number of aliphatic carboxylic acids is 1. The van der Waals surface area contributed by atoms with Gasteiger partial charge in [0.2, 0.25) is 5.91 Å². The minimum Gasteiger partial charge on any atom is -0.480 e. The van der Waals surface area contributed by atoms with Gasteiger partial charge < -0.3 is 10.4 Å². The highest BCUT2D eigenvalue weighted by molar-refractivity contribution is 8.00. The molecule has 0 bridgehead atoms. The van der Waals surface area contributed by atoms with Gasteiger partial charge in [-0.3, -0.25) is 9.59 Å². The fourth-order valence-corrected chi connectivity index (χ4v) is 1.88. The second-order valence-electron chi connectivity index (χ2n) is 3.30. The molecule has 86 valence electrons. The molecule has 0 fully saturated rings. The van der Waals surface area contributed by atoms with E-state index in [1.807, 2.05) is 0 Å². The number of hydrogen-bond acceptors (Lipinski definition) is 3. The topological polar surface area (TPSA) is 66.4 Å². The van der Waals surface area contributed by atoms with Gasteiger partial charge in [0.15, 0.2) is 0 Å². The van der Waals surface area contributed by atoms with Gasteiger partial charge in [-0.1, -0.05) is 0 Å². The van der Waals surface area contributed by atoms with E-state index >= 15 is 0 Å². The van der Waals surface area contributed by atoms with Crippen LogP contribution in [0.1, 0.15) is 13.8 Å². The normalized spacial score (nSPS) is 11.9. The van der Waals surface area contributed by atoms with Crippen molar-refractivity contribution in [3.05, 3.63) is 24.3 Å². The van der Waals surface area contributed by atoms with Gasteiger partial charge in [0.25, 0.3) is 0 Å². The molecule has 16 heavy (non-hydrogen) atoms. The highest BCUT2D eigenvalue weighted by Gasteiger charge is 2.11. The summed E-state index contributed by atoms with van der Waals surface area (Å²) in [5, 5.41) is 10.9. The van der Waals surface area contributed by atoms with Crippen LogP contribution in [0.2, 0.25) is 0 Å². The number of carbonyl (C=O) groups is 2. The number of rotatable bonds is 4. The lowest BCUT2D eigenvalue weighted by molar-refractivity contribution is -0.136. The highest BCUT2D eigenvalue weighted by atomic mass is 32.2. The van der Waals surface area contributed by atoms with Crippen LogP contribution in [0, 0.1) is 0 Å². The molecule has 0 unspecified atom stereocenters. The first-order valence-electron chi connectivity index (χ1n) is 4.76. The Kier molecular flexibility index (Phi) is 4.37. The number of carboxylic acid groups (broad SMARTS) is 1. The maximum Gasteiger partial charge on any atom is 0.316 e. The molecule has 0 saturated heterocycles. The van der Waals surface area contributed by atoms with Crippen LogP contribution in [0.3, 0.4) is 0 Å². The molecule has 0 aromatic heterocycles. The van der Waals surface area contributed by atoms with Gasteiger partial charge in [0.05, 0.1) is 0 Å². The SMILES string of the molecule is CC(=O)Nc1ccc(S[C@@H](C)C(=O)O)cc1. The zero-order chi connectivity index (χ0) is 12.1. The molecule has 5 heteroatoms. The van der Waals surface area contributed by atoms with Crippen molar-refractivity contribution in [1.82, 2.24) is 0 Å². The molecule has 0 aliphatic carbocycles. The van der Waals surface area contributed by atoms with Gasteiger partial charge in [0.1, 0.15) is 5.25 Å². The van der Waals surface area contributed by atoms with Crippen LogP contribution >= 0.6 is 11.8 Å². The lowest BCUT2D eigenvalue weighted by Crippen LogP contribution is -2.11. The maximum atomic E-state index is 10.8. The lowest BCUT2D eigenvalue weighted by atomic mass is 10.3. The number of carboxylic acids is 1. The summed E-state index contributed by atoms with van der Waals surface area (Å²) in [6.45, 7) is 3.07. The smallest absolute Gasteiger partial charge is 0.316 e. The van der Waals surface area contributed by atoms with E-state index in [-0.39, 0.29) is 5.91 Å². The third kappa shape index (κ3) is 3.94. The summed E-state index contributed by atoms with van der Waals surface area (Å²) < 4.78 is 0. The monoisotopic (exact) mass is 239 g/mol. The average Bonchev–Trinajstić information content (AvgIpc) is 2.20. The van der Waals surface area contributed by atoms with E-state index in [2.05, 4.69) is 5.32 Å². The average molecular weight is 239 g/mol. The van der Waals surface area contributed by atoms with Crippen molar-refractivity contribution in [2.75, 3.05) is 5.32 Å². The van der Waals surface area contributed by atoms with Crippen molar-refractivity contribution >= 4 is 29.3 Å². The first-order valence-corrected chi connectivity index (χ1v) is 5.64. The summed E-state index contributed by atoms with van der Waals surface area (Å²) in [5.41, 5.74) is 0.708. The summed E-state index contributed by atoms with van der Waals surface area (Å²) in [6, 6.07) is 7.07. The summed E-state index contributed by atoms with van der Waals surface area (Å²) in [5.74, 6) is -0.963. The summed E-state index contributed by atoms with van der Waals surface area (Å²) in [6.07, 6.45) is 0. The third-order valence-corrected chi connectivity index (χ3v) is 2.93. The Morgan fingerprint density at radius 1 is 1.31 bits per heavy atom. The van der Waals surface area contributed by atoms with E-state index in [9.17, 15) is 9.59 Å². The van der Waals surface area contributed by atoms with Crippen molar-refractivity contribution in [1.29, 1.82) is 0 Å². The van der Waals surface area contributed by atoms with E-state index in [1.165, 1.54) is 18.7 Å². The molecule has 2 N–H and O–H groups in total. The van der Waals surface area contributed by atoms with Crippen LogP contribution in [0.4, 0.5) is 5.69 Å². The molecule has 0 heterocycles. The van der Waals surface area contributed by atoms with Gasteiger partial charge in [-0.15, -0.1) is 11.8 Å². The number of thioether (sulfide) groups is 1.